The molecule has 1 aromatic carbocycles. The monoisotopic (exact) mass is 282 g/mol. The average Bonchev–Trinajstić information content (AvgIpc) is 2.29. The Balaban J connectivity index is 0. The molecule has 0 aromatic heterocycles. The summed E-state index contributed by atoms with van der Waals surface area (Å²) in [5.41, 5.74) is -0.111. The van der Waals surface area contributed by atoms with Crippen LogP contribution in [0.5, 0.6) is 0 Å². The number of aliphatic hydroxyl groups is 2. The van der Waals surface area contributed by atoms with Crippen LogP contribution in [0.25, 0.3) is 0 Å². The number of carbonyl (C=O) groups is 2. The van der Waals surface area contributed by atoms with Crippen LogP contribution >= 0.6 is 0 Å². The molecule has 94 valence electrons. The second-order valence-corrected chi connectivity index (χ2v) is 2.60. The molecule has 7 heteroatoms. The van der Waals surface area contributed by atoms with Gasteiger partial charge in [0.15, 0.2) is 0 Å². The molecule has 1 rings (SSSR count). The van der Waals surface area contributed by atoms with Crippen molar-refractivity contribution in [3.8, 4) is 0 Å². The first-order valence-electron chi connectivity index (χ1n) is 4.27. The number of rotatable bonds is 3. The number of benzene rings is 1. The zero-order valence-electron chi connectivity index (χ0n) is 8.60. The maximum atomic E-state index is 10.2. The Morgan fingerprint density at radius 2 is 1.12 bits per heavy atom. The van der Waals surface area contributed by atoms with Crippen molar-refractivity contribution in [2.75, 3.05) is 13.2 Å². The number of aromatic carboxylic acids is 2. The van der Waals surface area contributed by atoms with E-state index in [4.69, 9.17) is 10.2 Å². The zero-order valence-corrected chi connectivity index (χ0v) is 9.71. The Labute approximate surface area is 108 Å². The van der Waals surface area contributed by atoms with E-state index in [0.29, 0.717) is 0 Å². The fourth-order valence-corrected chi connectivity index (χ4v) is 0.742. The molecule has 2 N–H and O–H groups in total. The fraction of sp³-hybridized carbons (Fsp3) is 0.200. The summed E-state index contributed by atoms with van der Waals surface area (Å²) in [4.78, 5) is 20.4. The van der Waals surface area contributed by atoms with E-state index in [9.17, 15) is 19.8 Å². The van der Waals surface area contributed by atoms with Gasteiger partial charge in [0.05, 0.1) is 25.2 Å². The van der Waals surface area contributed by atoms with Gasteiger partial charge in [0.2, 0.25) is 0 Å². The number of hydrogen-bond donors (Lipinski definition) is 2. The molecule has 0 aliphatic rings. The van der Waals surface area contributed by atoms with Gasteiger partial charge in [0, 0.05) is 0 Å². The van der Waals surface area contributed by atoms with Crippen LogP contribution in [0.15, 0.2) is 24.3 Å². The second kappa shape index (κ2) is 9.80. The van der Waals surface area contributed by atoms with Crippen molar-refractivity contribution in [2.24, 2.45) is 0 Å². The Bertz CT molecular complexity index is 313. The van der Waals surface area contributed by atoms with Gasteiger partial charge in [-0.05, 0) is 11.1 Å². The number of hydrogen-bond acceptors (Lipinski definition) is 6. The molecule has 0 radical (unpaired) electrons. The predicted molar refractivity (Wildman–Crippen MR) is 49.3 cm³/mol. The summed E-state index contributed by atoms with van der Waals surface area (Å²) in [6.07, 6.45) is 0. The molecule has 0 aliphatic carbocycles. The van der Waals surface area contributed by atoms with Crippen molar-refractivity contribution >= 4 is 11.9 Å². The number of aliphatic hydroxyl groups excluding tert-OH is 2. The van der Waals surface area contributed by atoms with Crippen molar-refractivity contribution in [3.05, 3.63) is 35.4 Å². The second-order valence-electron chi connectivity index (χ2n) is 2.60. The third-order valence-electron chi connectivity index (χ3n) is 1.46. The molecule has 1 aromatic rings. The molecule has 0 atom stereocenters. The van der Waals surface area contributed by atoms with Gasteiger partial charge in [-0.1, -0.05) is 24.3 Å². The van der Waals surface area contributed by atoms with E-state index in [1.54, 1.807) is 0 Å². The molecule has 6 nitrogen and oxygen atoms in total. The normalized spacial score (nSPS) is 8.35. The summed E-state index contributed by atoms with van der Waals surface area (Å²) in [7, 11) is 0. The third-order valence-corrected chi connectivity index (χ3v) is 1.46. The molecule has 0 saturated heterocycles. The summed E-state index contributed by atoms with van der Waals surface area (Å²) < 4.78 is 0. The fourth-order valence-electron chi connectivity index (χ4n) is 0.742. The molecular weight excluding hydrogens is 272 g/mol. The van der Waals surface area contributed by atoms with Crippen molar-refractivity contribution in [2.45, 2.75) is 0 Å². The molecule has 0 bridgehead atoms. The van der Waals surface area contributed by atoms with Crippen LogP contribution in [0.2, 0.25) is 0 Å². The maximum Gasteiger partial charge on any atom is 2.00 e. The van der Waals surface area contributed by atoms with Gasteiger partial charge in [-0.25, -0.2) is 0 Å². The number of carbonyl (C=O) groups excluding carboxylic acids is 2. The van der Waals surface area contributed by atoms with Crippen LogP contribution in [-0.2, 0) is 17.1 Å². The van der Waals surface area contributed by atoms with Crippen LogP contribution in [-0.4, -0.2) is 35.4 Å². The largest absolute Gasteiger partial charge is 2.00 e. The van der Waals surface area contributed by atoms with E-state index in [1.165, 1.54) is 0 Å². The first kappa shape index (κ1) is 18.0. The van der Waals surface area contributed by atoms with Crippen molar-refractivity contribution < 1.29 is 47.1 Å². The number of carboxylic acids is 2. The number of carboxylic acid groups (broad SMARTS) is 2. The van der Waals surface area contributed by atoms with Crippen LogP contribution in [0.1, 0.15) is 20.7 Å². The van der Waals surface area contributed by atoms with Crippen LogP contribution in [0, 0.1) is 0 Å². The topological polar surface area (TPSA) is 121 Å². The van der Waals surface area contributed by atoms with E-state index in [1.807, 2.05) is 0 Å². The molecule has 0 spiro atoms. The van der Waals surface area contributed by atoms with Crippen molar-refractivity contribution in [1.29, 1.82) is 0 Å². The zero-order chi connectivity index (χ0) is 12.6. The standard InChI is InChI=1S/C8H6O4.C2H6O2.Fe/c9-7(10)5-1-2-6(4-3-5)8(11)12;3-1-2-4;/h1-4H,(H,9,10)(H,11,12);3-4H,1-2H2;/q;;+2/p-2. The quantitative estimate of drug-likeness (QED) is 0.585. The van der Waals surface area contributed by atoms with Gasteiger partial charge in [0.1, 0.15) is 0 Å². The summed E-state index contributed by atoms with van der Waals surface area (Å²) in [6, 6.07) is 4.61. The minimum Gasteiger partial charge on any atom is -0.545 e. The molecule has 17 heavy (non-hydrogen) atoms. The van der Waals surface area contributed by atoms with Crippen LogP contribution in [0.3, 0.4) is 0 Å². The first-order valence-corrected chi connectivity index (χ1v) is 4.27. The smallest absolute Gasteiger partial charge is 0.545 e. The van der Waals surface area contributed by atoms with Gasteiger partial charge in [0.25, 0.3) is 0 Å². The summed E-state index contributed by atoms with van der Waals surface area (Å²) >= 11 is 0. The van der Waals surface area contributed by atoms with E-state index < -0.39 is 11.9 Å². The van der Waals surface area contributed by atoms with E-state index in [0.717, 1.165) is 24.3 Å². The predicted octanol–water partition coefficient (Wildman–Crippen LogP) is -2.62. The molecular formula is C10H10FeO6. The van der Waals surface area contributed by atoms with Gasteiger partial charge in [-0.2, -0.15) is 0 Å². The average molecular weight is 282 g/mol. The van der Waals surface area contributed by atoms with Gasteiger partial charge < -0.3 is 30.0 Å². The minimum absolute atomic E-state index is 0. The van der Waals surface area contributed by atoms with Crippen LogP contribution in [0.4, 0.5) is 0 Å². The van der Waals surface area contributed by atoms with Gasteiger partial charge in [-0.15, -0.1) is 0 Å². The molecule has 0 unspecified atom stereocenters. The summed E-state index contributed by atoms with van der Waals surface area (Å²) in [5, 5.41) is 35.7. The Morgan fingerprint density at radius 1 is 0.882 bits per heavy atom. The molecule has 0 fully saturated rings. The Kier molecular flexibility index (Phi) is 10.4. The maximum absolute atomic E-state index is 10.2. The molecule has 0 heterocycles. The molecule has 0 amide bonds. The SMILES string of the molecule is O=C([O-])c1ccc(C(=O)[O-])cc1.OCCO.[Fe+2]. The Morgan fingerprint density at radius 3 is 1.24 bits per heavy atom. The van der Waals surface area contributed by atoms with Gasteiger partial charge in [-0.3, -0.25) is 0 Å². The first-order chi connectivity index (χ1) is 7.52. The van der Waals surface area contributed by atoms with E-state index in [2.05, 4.69) is 0 Å². The minimum atomic E-state index is -1.33. The molecule has 0 aliphatic heterocycles. The van der Waals surface area contributed by atoms with E-state index in [-0.39, 0.29) is 41.4 Å². The molecule has 0 saturated carbocycles. The summed E-state index contributed by atoms with van der Waals surface area (Å²) in [5.74, 6) is -2.67. The summed E-state index contributed by atoms with van der Waals surface area (Å²) in [6.45, 7) is -0.250. The van der Waals surface area contributed by atoms with Gasteiger partial charge >= 0.3 is 17.1 Å². The third kappa shape index (κ3) is 7.48. The van der Waals surface area contributed by atoms with Crippen molar-refractivity contribution in [1.82, 2.24) is 0 Å². The van der Waals surface area contributed by atoms with Crippen LogP contribution < -0.4 is 10.2 Å². The van der Waals surface area contributed by atoms with E-state index >= 15 is 0 Å². The van der Waals surface area contributed by atoms with Crippen molar-refractivity contribution in [3.63, 3.8) is 0 Å². The Hall–Kier alpha value is -1.40.